The third kappa shape index (κ3) is 7.47. The molecular formula is C29H33Cl2N3O5S. The highest BCUT2D eigenvalue weighted by atomic mass is 35.5. The molecule has 0 unspecified atom stereocenters. The van der Waals surface area contributed by atoms with E-state index in [1.165, 1.54) is 29.2 Å². The SMILES string of the molecule is CC[C@@H](C)NC(=O)[C@H](C)N(Cc1ccc(OC)cc1)C(=O)CN(c1cccc(Cl)c1Cl)S(=O)(=O)c1ccccc1. The summed E-state index contributed by atoms with van der Waals surface area (Å²) in [5.74, 6) is -0.312. The summed E-state index contributed by atoms with van der Waals surface area (Å²) in [5.41, 5.74) is 0.781. The molecule has 40 heavy (non-hydrogen) atoms. The summed E-state index contributed by atoms with van der Waals surface area (Å²) in [6.45, 7) is 4.86. The van der Waals surface area contributed by atoms with Crippen LogP contribution in [0.5, 0.6) is 5.75 Å². The maximum atomic E-state index is 14.0. The number of rotatable bonds is 12. The van der Waals surface area contributed by atoms with Gasteiger partial charge in [-0.2, -0.15) is 0 Å². The number of sulfonamides is 1. The summed E-state index contributed by atoms with van der Waals surface area (Å²) >= 11 is 12.7. The predicted octanol–water partition coefficient (Wildman–Crippen LogP) is 5.53. The van der Waals surface area contributed by atoms with Crippen LogP contribution in [-0.4, -0.2) is 50.9 Å². The predicted molar refractivity (Wildman–Crippen MR) is 158 cm³/mol. The van der Waals surface area contributed by atoms with Crippen molar-refractivity contribution >= 4 is 50.7 Å². The zero-order chi connectivity index (χ0) is 29.4. The Balaban J connectivity index is 2.05. The number of benzene rings is 3. The van der Waals surface area contributed by atoms with Crippen LogP contribution in [0.3, 0.4) is 0 Å². The zero-order valence-corrected chi connectivity index (χ0v) is 25.1. The fourth-order valence-electron chi connectivity index (χ4n) is 3.89. The molecule has 3 aromatic rings. The molecule has 0 bridgehead atoms. The Hall–Kier alpha value is -3.27. The van der Waals surface area contributed by atoms with Crippen molar-refractivity contribution < 1.29 is 22.7 Å². The van der Waals surface area contributed by atoms with Crippen LogP contribution in [0.4, 0.5) is 5.69 Å². The quantitative estimate of drug-likeness (QED) is 0.293. The van der Waals surface area contributed by atoms with Gasteiger partial charge in [0, 0.05) is 12.6 Å². The first-order valence-electron chi connectivity index (χ1n) is 12.7. The topological polar surface area (TPSA) is 96.0 Å². The van der Waals surface area contributed by atoms with Crippen LogP contribution in [0.25, 0.3) is 0 Å². The van der Waals surface area contributed by atoms with E-state index in [1.807, 2.05) is 13.8 Å². The number of anilines is 1. The summed E-state index contributed by atoms with van der Waals surface area (Å²) in [6.07, 6.45) is 0.710. The number of ether oxygens (including phenoxy) is 1. The van der Waals surface area contributed by atoms with Gasteiger partial charge in [-0.15, -0.1) is 0 Å². The van der Waals surface area contributed by atoms with Crippen LogP contribution in [0.2, 0.25) is 10.0 Å². The van der Waals surface area contributed by atoms with Gasteiger partial charge in [-0.25, -0.2) is 8.42 Å². The van der Waals surface area contributed by atoms with Crippen LogP contribution in [-0.2, 0) is 26.2 Å². The molecule has 0 heterocycles. The lowest BCUT2D eigenvalue weighted by Crippen LogP contribution is -2.52. The number of nitrogens with zero attached hydrogens (tertiary/aromatic N) is 2. The highest BCUT2D eigenvalue weighted by Gasteiger charge is 2.33. The largest absolute Gasteiger partial charge is 0.497 e. The number of hydrogen-bond donors (Lipinski definition) is 1. The first kappa shape index (κ1) is 31.3. The summed E-state index contributed by atoms with van der Waals surface area (Å²) in [7, 11) is -2.70. The van der Waals surface area contributed by atoms with Crippen LogP contribution in [0.1, 0.15) is 32.8 Å². The second-order valence-corrected chi connectivity index (χ2v) is 11.9. The molecule has 1 N–H and O–H groups in total. The van der Waals surface area contributed by atoms with Crippen LogP contribution >= 0.6 is 23.2 Å². The molecule has 8 nitrogen and oxygen atoms in total. The minimum atomic E-state index is -4.25. The number of hydrogen-bond acceptors (Lipinski definition) is 5. The van der Waals surface area contributed by atoms with Gasteiger partial charge in [0.2, 0.25) is 11.8 Å². The van der Waals surface area contributed by atoms with Crippen molar-refractivity contribution in [3.8, 4) is 5.75 Å². The minimum Gasteiger partial charge on any atom is -0.497 e. The monoisotopic (exact) mass is 605 g/mol. The van der Waals surface area contributed by atoms with Gasteiger partial charge >= 0.3 is 0 Å². The van der Waals surface area contributed by atoms with E-state index in [-0.39, 0.29) is 39.1 Å². The molecule has 214 valence electrons. The van der Waals surface area contributed by atoms with E-state index in [0.29, 0.717) is 12.2 Å². The first-order valence-corrected chi connectivity index (χ1v) is 14.9. The number of halogens is 2. The number of methoxy groups -OCH3 is 1. The number of nitrogens with one attached hydrogen (secondary N) is 1. The van der Waals surface area contributed by atoms with Crippen LogP contribution in [0, 0.1) is 0 Å². The van der Waals surface area contributed by atoms with E-state index >= 15 is 0 Å². The second kappa shape index (κ2) is 13.9. The van der Waals surface area contributed by atoms with Crippen molar-refractivity contribution in [1.82, 2.24) is 10.2 Å². The van der Waals surface area contributed by atoms with Crippen molar-refractivity contribution in [2.75, 3.05) is 18.0 Å². The molecule has 0 aromatic heterocycles. The highest BCUT2D eigenvalue weighted by Crippen LogP contribution is 2.35. The van der Waals surface area contributed by atoms with E-state index < -0.39 is 28.5 Å². The van der Waals surface area contributed by atoms with Crippen molar-refractivity contribution in [2.24, 2.45) is 0 Å². The third-order valence-corrected chi connectivity index (χ3v) is 9.07. The first-order chi connectivity index (χ1) is 19.0. The third-order valence-electron chi connectivity index (χ3n) is 6.49. The fourth-order valence-corrected chi connectivity index (χ4v) is 5.79. The van der Waals surface area contributed by atoms with E-state index in [4.69, 9.17) is 27.9 Å². The van der Waals surface area contributed by atoms with E-state index in [1.54, 1.807) is 62.6 Å². The van der Waals surface area contributed by atoms with Crippen LogP contribution in [0.15, 0.2) is 77.7 Å². The average molecular weight is 607 g/mol. The molecule has 3 aromatic carbocycles. The lowest BCUT2D eigenvalue weighted by molar-refractivity contribution is -0.139. The molecule has 3 rings (SSSR count). The lowest BCUT2D eigenvalue weighted by atomic mass is 10.1. The normalized spacial score (nSPS) is 12.8. The lowest BCUT2D eigenvalue weighted by Gasteiger charge is -2.32. The van der Waals surface area contributed by atoms with Crippen molar-refractivity contribution in [3.63, 3.8) is 0 Å². The molecule has 0 radical (unpaired) electrons. The van der Waals surface area contributed by atoms with Gasteiger partial charge in [0.05, 0.1) is 27.7 Å². The van der Waals surface area contributed by atoms with Gasteiger partial charge < -0.3 is 15.0 Å². The zero-order valence-electron chi connectivity index (χ0n) is 22.8. The molecule has 2 atom stereocenters. The fraction of sp³-hybridized carbons (Fsp3) is 0.310. The maximum Gasteiger partial charge on any atom is 0.264 e. The van der Waals surface area contributed by atoms with E-state index in [9.17, 15) is 18.0 Å². The Labute approximate surface area is 245 Å². The molecule has 0 aliphatic heterocycles. The van der Waals surface area contributed by atoms with Crippen LogP contribution < -0.4 is 14.4 Å². The molecule has 2 amide bonds. The van der Waals surface area contributed by atoms with Crippen molar-refractivity contribution in [2.45, 2.75) is 50.7 Å². The molecule has 0 aliphatic rings. The summed E-state index contributed by atoms with van der Waals surface area (Å²) in [6, 6.07) is 18.4. The van der Waals surface area contributed by atoms with Gasteiger partial charge in [-0.3, -0.25) is 13.9 Å². The number of carbonyl (C=O) groups excluding carboxylic acids is 2. The summed E-state index contributed by atoms with van der Waals surface area (Å²) < 4.78 is 33.8. The number of amides is 2. The average Bonchev–Trinajstić information content (AvgIpc) is 2.96. The number of carbonyl (C=O) groups is 2. The molecular weight excluding hydrogens is 573 g/mol. The van der Waals surface area contributed by atoms with Gasteiger partial charge in [0.1, 0.15) is 18.3 Å². The standard InChI is InChI=1S/C29H33Cl2N3O5S/c1-5-20(2)32-29(36)21(3)33(18-22-14-16-23(39-4)17-15-22)27(35)19-34(26-13-9-12-25(30)28(26)31)40(37,38)24-10-7-6-8-11-24/h6-17,20-21H,5,18-19H2,1-4H3,(H,32,36)/t20-,21+/m1/s1. The van der Waals surface area contributed by atoms with Gasteiger partial charge in [-0.05, 0) is 62.2 Å². The smallest absolute Gasteiger partial charge is 0.264 e. The molecule has 0 aliphatic carbocycles. The molecule has 11 heteroatoms. The Morgan fingerprint density at radius 1 is 0.950 bits per heavy atom. The Morgan fingerprint density at radius 2 is 1.60 bits per heavy atom. The van der Waals surface area contributed by atoms with Crippen molar-refractivity contribution in [1.29, 1.82) is 0 Å². The van der Waals surface area contributed by atoms with Gasteiger partial charge in [0.25, 0.3) is 10.0 Å². The summed E-state index contributed by atoms with van der Waals surface area (Å²) in [4.78, 5) is 28.4. The van der Waals surface area contributed by atoms with E-state index in [2.05, 4.69) is 5.32 Å². The Kier molecular flexibility index (Phi) is 10.8. The minimum absolute atomic E-state index is 0.0132. The van der Waals surface area contributed by atoms with E-state index in [0.717, 1.165) is 9.87 Å². The molecule has 0 spiro atoms. The highest BCUT2D eigenvalue weighted by molar-refractivity contribution is 7.92. The molecule has 0 fully saturated rings. The Morgan fingerprint density at radius 3 is 2.20 bits per heavy atom. The molecule has 0 saturated heterocycles. The maximum absolute atomic E-state index is 14.0. The summed E-state index contributed by atoms with van der Waals surface area (Å²) in [5, 5.41) is 3.03. The Bertz CT molecular complexity index is 1420. The molecule has 0 saturated carbocycles. The second-order valence-electron chi connectivity index (χ2n) is 9.26. The van der Waals surface area contributed by atoms with Crippen molar-refractivity contribution in [3.05, 3.63) is 88.4 Å². The van der Waals surface area contributed by atoms with Gasteiger partial charge in [0.15, 0.2) is 0 Å². The van der Waals surface area contributed by atoms with Gasteiger partial charge in [-0.1, -0.05) is 66.5 Å².